The molecule has 1 aromatic carbocycles. The first kappa shape index (κ1) is 15.3. The van der Waals surface area contributed by atoms with Gasteiger partial charge in [-0.1, -0.05) is 13.3 Å². The topological polar surface area (TPSA) is 55.8 Å². The maximum absolute atomic E-state index is 11.1. The molecule has 1 N–H and O–H groups in total. The van der Waals surface area contributed by atoms with Gasteiger partial charge in [0.05, 0.1) is 20.1 Å². The van der Waals surface area contributed by atoms with Gasteiger partial charge < -0.3 is 14.6 Å². The molecule has 1 rings (SSSR count). The number of unbranched alkanes of at least 4 members (excludes halogenated alkanes) is 1. The van der Waals surface area contributed by atoms with Crippen molar-refractivity contribution in [3.63, 3.8) is 0 Å². The van der Waals surface area contributed by atoms with Gasteiger partial charge >= 0.3 is 5.97 Å². The fourth-order valence-corrected chi connectivity index (χ4v) is 2.00. The van der Waals surface area contributed by atoms with Crippen molar-refractivity contribution in [2.45, 2.75) is 39.0 Å². The van der Waals surface area contributed by atoms with Crippen molar-refractivity contribution >= 4 is 5.97 Å². The first-order valence-electron chi connectivity index (χ1n) is 6.52. The molecule has 0 aliphatic carbocycles. The van der Waals surface area contributed by atoms with E-state index >= 15 is 0 Å². The first-order valence-corrected chi connectivity index (χ1v) is 6.52. The van der Waals surface area contributed by atoms with Crippen molar-refractivity contribution in [2.75, 3.05) is 14.2 Å². The van der Waals surface area contributed by atoms with E-state index in [-0.39, 0.29) is 0 Å². The van der Waals surface area contributed by atoms with Gasteiger partial charge in [0.1, 0.15) is 11.5 Å². The first-order chi connectivity index (χ1) is 9.04. The summed E-state index contributed by atoms with van der Waals surface area (Å²) in [4.78, 5) is 11.1. The Bertz CT molecular complexity index is 415. The average Bonchev–Trinajstić information content (AvgIpc) is 2.43. The average molecular weight is 266 g/mol. The van der Waals surface area contributed by atoms with Crippen LogP contribution in [-0.4, -0.2) is 25.3 Å². The molecule has 0 radical (unpaired) electrons. The number of carboxylic acid groups (broad SMARTS) is 1. The minimum atomic E-state index is -0.856. The number of carbonyl (C=O) groups is 1. The molecule has 0 aliphatic heterocycles. The van der Waals surface area contributed by atoms with Gasteiger partial charge in [-0.15, -0.1) is 0 Å². The molecule has 0 bridgehead atoms. The van der Waals surface area contributed by atoms with E-state index in [2.05, 4.69) is 6.92 Å². The van der Waals surface area contributed by atoms with Crippen LogP contribution < -0.4 is 9.47 Å². The Balaban J connectivity index is 3.23. The van der Waals surface area contributed by atoms with Crippen LogP contribution in [0.25, 0.3) is 0 Å². The van der Waals surface area contributed by atoms with Gasteiger partial charge in [-0.05, 0) is 37.5 Å². The van der Waals surface area contributed by atoms with Crippen molar-refractivity contribution in [3.05, 3.63) is 23.3 Å². The number of ether oxygens (including phenoxy) is 2. The van der Waals surface area contributed by atoms with Crippen LogP contribution in [-0.2, 0) is 11.2 Å². The second kappa shape index (κ2) is 7.02. The van der Waals surface area contributed by atoms with Crippen molar-refractivity contribution in [1.82, 2.24) is 0 Å². The zero-order valence-electron chi connectivity index (χ0n) is 12.0. The Kier molecular flexibility index (Phi) is 5.67. The SMILES string of the molecule is CCCCc1c(OC)cc(C(C)C(=O)O)cc1OC. The molecule has 0 amide bonds. The standard InChI is InChI=1S/C15H22O4/c1-5-6-7-12-13(18-3)8-11(9-14(12)19-4)10(2)15(16)17/h8-10H,5-7H2,1-4H3,(H,16,17). The minimum absolute atomic E-state index is 0.581. The van der Waals surface area contributed by atoms with Crippen LogP contribution in [0.2, 0.25) is 0 Å². The summed E-state index contributed by atoms with van der Waals surface area (Å²) in [6.45, 7) is 3.78. The summed E-state index contributed by atoms with van der Waals surface area (Å²) in [7, 11) is 3.19. The van der Waals surface area contributed by atoms with Gasteiger partial charge in [0.25, 0.3) is 0 Å². The van der Waals surface area contributed by atoms with Gasteiger partial charge in [-0.25, -0.2) is 0 Å². The van der Waals surface area contributed by atoms with Gasteiger partial charge in [0.2, 0.25) is 0 Å². The maximum Gasteiger partial charge on any atom is 0.310 e. The zero-order valence-corrected chi connectivity index (χ0v) is 12.0. The summed E-state index contributed by atoms with van der Waals surface area (Å²) >= 11 is 0. The second-order valence-electron chi connectivity index (χ2n) is 4.57. The lowest BCUT2D eigenvalue weighted by Crippen LogP contribution is -2.09. The molecule has 4 nitrogen and oxygen atoms in total. The van der Waals surface area contributed by atoms with Gasteiger partial charge in [-0.2, -0.15) is 0 Å². The normalized spacial score (nSPS) is 12.0. The lowest BCUT2D eigenvalue weighted by atomic mass is 9.96. The number of methoxy groups -OCH3 is 2. The maximum atomic E-state index is 11.1. The molecule has 0 fully saturated rings. The molecule has 19 heavy (non-hydrogen) atoms. The molecule has 0 saturated carbocycles. The van der Waals surface area contributed by atoms with Crippen LogP contribution in [0.1, 0.15) is 43.7 Å². The molecule has 0 aromatic heterocycles. The highest BCUT2D eigenvalue weighted by Gasteiger charge is 2.19. The molecule has 0 spiro atoms. The molecular weight excluding hydrogens is 244 g/mol. The zero-order chi connectivity index (χ0) is 14.4. The summed E-state index contributed by atoms with van der Waals surface area (Å²) < 4.78 is 10.8. The Morgan fingerprint density at radius 1 is 1.26 bits per heavy atom. The van der Waals surface area contributed by atoms with E-state index in [1.165, 1.54) is 0 Å². The van der Waals surface area contributed by atoms with E-state index < -0.39 is 11.9 Å². The molecule has 106 valence electrons. The molecule has 1 atom stereocenters. The van der Waals surface area contributed by atoms with Crippen molar-refractivity contribution < 1.29 is 19.4 Å². The summed E-state index contributed by atoms with van der Waals surface area (Å²) in [5.41, 5.74) is 1.70. The Morgan fingerprint density at radius 2 is 1.79 bits per heavy atom. The lowest BCUT2D eigenvalue weighted by Gasteiger charge is -2.17. The van der Waals surface area contributed by atoms with Crippen LogP contribution in [0, 0.1) is 0 Å². The van der Waals surface area contributed by atoms with Crippen LogP contribution in [0.3, 0.4) is 0 Å². The summed E-state index contributed by atoms with van der Waals surface area (Å²) in [6.07, 6.45) is 2.99. The van der Waals surface area contributed by atoms with Crippen LogP contribution in [0.4, 0.5) is 0 Å². The van der Waals surface area contributed by atoms with Gasteiger partial charge in [0.15, 0.2) is 0 Å². The second-order valence-corrected chi connectivity index (χ2v) is 4.57. The molecule has 1 aromatic rings. The number of benzene rings is 1. The quantitative estimate of drug-likeness (QED) is 0.823. The van der Waals surface area contributed by atoms with E-state index in [0.717, 1.165) is 24.8 Å². The van der Waals surface area contributed by atoms with Gasteiger partial charge in [0, 0.05) is 5.56 Å². The van der Waals surface area contributed by atoms with Crippen LogP contribution in [0.5, 0.6) is 11.5 Å². The highest BCUT2D eigenvalue weighted by atomic mass is 16.5. The summed E-state index contributed by atoms with van der Waals surface area (Å²) in [6, 6.07) is 3.60. The third kappa shape index (κ3) is 3.63. The highest BCUT2D eigenvalue weighted by molar-refractivity contribution is 5.76. The third-order valence-electron chi connectivity index (χ3n) is 3.28. The predicted molar refractivity (Wildman–Crippen MR) is 74.2 cm³/mol. The van der Waals surface area contributed by atoms with E-state index in [9.17, 15) is 4.79 Å². The van der Waals surface area contributed by atoms with Crippen molar-refractivity contribution in [1.29, 1.82) is 0 Å². The lowest BCUT2D eigenvalue weighted by molar-refractivity contribution is -0.138. The van der Waals surface area contributed by atoms with E-state index in [0.29, 0.717) is 17.1 Å². The molecule has 0 saturated heterocycles. The van der Waals surface area contributed by atoms with E-state index in [1.807, 2.05) is 0 Å². The third-order valence-corrected chi connectivity index (χ3v) is 3.28. The van der Waals surface area contributed by atoms with Gasteiger partial charge in [-0.3, -0.25) is 4.79 Å². The predicted octanol–water partition coefficient (Wildman–Crippen LogP) is 3.23. The number of hydrogen-bond donors (Lipinski definition) is 1. The summed E-state index contributed by atoms with van der Waals surface area (Å²) in [5, 5.41) is 9.09. The van der Waals surface area contributed by atoms with Crippen LogP contribution in [0.15, 0.2) is 12.1 Å². The number of hydrogen-bond acceptors (Lipinski definition) is 3. The molecule has 1 unspecified atom stereocenters. The minimum Gasteiger partial charge on any atom is -0.496 e. The highest BCUT2D eigenvalue weighted by Crippen LogP contribution is 2.34. The number of carboxylic acids is 1. The largest absolute Gasteiger partial charge is 0.496 e. The fourth-order valence-electron chi connectivity index (χ4n) is 2.00. The molecule has 0 aliphatic rings. The Labute approximate surface area is 114 Å². The van der Waals surface area contributed by atoms with E-state index in [4.69, 9.17) is 14.6 Å². The van der Waals surface area contributed by atoms with Crippen LogP contribution >= 0.6 is 0 Å². The summed E-state index contributed by atoms with van der Waals surface area (Å²) in [5.74, 6) is -0.0276. The Hall–Kier alpha value is -1.71. The molecule has 0 heterocycles. The van der Waals surface area contributed by atoms with E-state index in [1.54, 1.807) is 33.3 Å². The number of aliphatic carboxylic acids is 1. The Morgan fingerprint density at radius 3 is 2.16 bits per heavy atom. The molecule has 4 heteroatoms. The van der Waals surface area contributed by atoms with Crippen molar-refractivity contribution in [2.24, 2.45) is 0 Å². The van der Waals surface area contributed by atoms with Crippen molar-refractivity contribution in [3.8, 4) is 11.5 Å². The molecular formula is C15H22O4. The monoisotopic (exact) mass is 266 g/mol. The fraction of sp³-hybridized carbons (Fsp3) is 0.533. The number of rotatable bonds is 7. The smallest absolute Gasteiger partial charge is 0.310 e.